The van der Waals surface area contributed by atoms with Crippen molar-refractivity contribution in [3.8, 4) is 11.5 Å². The molecule has 0 fully saturated rings. The minimum atomic E-state index is 0.292. The second kappa shape index (κ2) is 4.44. The van der Waals surface area contributed by atoms with Crippen LogP contribution in [0.4, 0.5) is 5.69 Å². The van der Waals surface area contributed by atoms with Crippen LogP contribution in [0, 0.1) is 0 Å². The predicted molar refractivity (Wildman–Crippen MR) is 70.6 cm³/mol. The van der Waals surface area contributed by atoms with E-state index in [9.17, 15) is 0 Å². The molecular formula is C14H17N3O. The molecule has 0 bridgehead atoms. The van der Waals surface area contributed by atoms with E-state index >= 15 is 0 Å². The molecule has 0 unspecified atom stereocenters. The number of aromatic nitrogens is 2. The standard InChI is InChI=1S/C14H17N3O/c1-9(2)13-16-14(18-17-13)11-5-3-7-12-10(11)6-4-8-15-12/h3,5,7,9,15H,4,6,8H2,1-2H3. The van der Waals surface area contributed by atoms with Crippen LogP contribution in [0.1, 0.15) is 37.6 Å². The fourth-order valence-corrected chi connectivity index (χ4v) is 2.29. The maximum absolute atomic E-state index is 5.39. The molecule has 0 atom stereocenters. The van der Waals surface area contributed by atoms with Gasteiger partial charge in [-0.25, -0.2) is 0 Å². The number of hydrogen-bond acceptors (Lipinski definition) is 4. The molecule has 0 saturated carbocycles. The normalized spacial score (nSPS) is 14.4. The van der Waals surface area contributed by atoms with Crippen molar-refractivity contribution in [2.75, 3.05) is 11.9 Å². The van der Waals surface area contributed by atoms with E-state index in [-0.39, 0.29) is 0 Å². The first-order valence-corrected chi connectivity index (χ1v) is 6.45. The van der Waals surface area contributed by atoms with E-state index in [1.165, 1.54) is 11.3 Å². The number of nitrogens with one attached hydrogen (secondary N) is 1. The van der Waals surface area contributed by atoms with Crippen LogP contribution in [0.5, 0.6) is 0 Å². The lowest BCUT2D eigenvalue weighted by Crippen LogP contribution is -2.12. The van der Waals surface area contributed by atoms with Crippen molar-refractivity contribution in [1.82, 2.24) is 10.1 Å². The van der Waals surface area contributed by atoms with E-state index in [1.807, 2.05) is 6.07 Å². The van der Waals surface area contributed by atoms with Crippen molar-refractivity contribution in [1.29, 1.82) is 0 Å². The first kappa shape index (κ1) is 11.3. The molecule has 94 valence electrons. The molecular weight excluding hydrogens is 226 g/mol. The maximum Gasteiger partial charge on any atom is 0.258 e. The van der Waals surface area contributed by atoms with Gasteiger partial charge in [-0.05, 0) is 30.5 Å². The Morgan fingerprint density at radius 1 is 1.33 bits per heavy atom. The van der Waals surface area contributed by atoms with Gasteiger partial charge in [0.25, 0.3) is 5.89 Å². The zero-order valence-electron chi connectivity index (χ0n) is 10.7. The Morgan fingerprint density at radius 2 is 2.22 bits per heavy atom. The summed E-state index contributed by atoms with van der Waals surface area (Å²) in [7, 11) is 0. The molecule has 1 aliphatic heterocycles. The van der Waals surface area contributed by atoms with Crippen LogP contribution in [-0.4, -0.2) is 16.7 Å². The van der Waals surface area contributed by atoms with Crippen LogP contribution in [0.25, 0.3) is 11.5 Å². The number of hydrogen-bond donors (Lipinski definition) is 1. The molecule has 0 saturated heterocycles. The van der Waals surface area contributed by atoms with Gasteiger partial charge in [0.15, 0.2) is 5.82 Å². The molecule has 0 amide bonds. The van der Waals surface area contributed by atoms with Crippen molar-refractivity contribution in [2.24, 2.45) is 0 Å². The Morgan fingerprint density at radius 3 is 3.00 bits per heavy atom. The van der Waals surface area contributed by atoms with Crippen molar-refractivity contribution in [3.63, 3.8) is 0 Å². The Balaban J connectivity index is 2.05. The highest BCUT2D eigenvalue weighted by molar-refractivity contribution is 5.69. The van der Waals surface area contributed by atoms with Crippen molar-refractivity contribution >= 4 is 5.69 Å². The molecule has 2 aromatic rings. The van der Waals surface area contributed by atoms with Crippen LogP contribution in [-0.2, 0) is 6.42 Å². The third-order valence-electron chi connectivity index (χ3n) is 3.28. The highest BCUT2D eigenvalue weighted by atomic mass is 16.5. The zero-order valence-corrected chi connectivity index (χ0v) is 10.7. The van der Waals surface area contributed by atoms with Gasteiger partial charge in [0, 0.05) is 23.7 Å². The van der Waals surface area contributed by atoms with Crippen molar-refractivity contribution < 1.29 is 4.52 Å². The minimum Gasteiger partial charge on any atom is -0.385 e. The third kappa shape index (κ3) is 1.88. The lowest BCUT2D eigenvalue weighted by molar-refractivity contribution is 0.419. The van der Waals surface area contributed by atoms with Crippen LogP contribution < -0.4 is 5.32 Å². The van der Waals surface area contributed by atoms with Crippen molar-refractivity contribution in [3.05, 3.63) is 29.6 Å². The fourth-order valence-electron chi connectivity index (χ4n) is 2.29. The quantitative estimate of drug-likeness (QED) is 0.879. The van der Waals surface area contributed by atoms with Gasteiger partial charge in [-0.1, -0.05) is 25.1 Å². The lowest BCUT2D eigenvalue weighted by Gasteiger charge is -2.19. The molecule has 2 heterocycles. The van der Waals surface area contributed by atoms with Gasteiger partial charge in [-0.3, -0.25) is 0 Å². The molecule has 1 aromatic heterocycles. The van der Waals surface area contributed by atoms with E-state index in [0.29, 0.717) is 11.8 Å². The summed E-state index contributed by atoms with van der Waals surface area (Å²) >= 11 is 0. The van der Waals surface area contributed by atoms with E-state index in [0.717, 1.165) is 30.8 Å². The molecule has 18 heavy (non-hydrogen) atoms. The first-order valence-electron chi connectivity index (χ1n) is 6.45. The molecule has 4 heteroatoms. The summed E-state index contributed by atoms with van der Waals surface area (Å²) in [5.74, 6) is 1.70. The summed E-state index contributed by atoms with van der Waals surface area (Å²) in [6.07, 6.45) is 2.22. The van der Waals surface area contributed by atoms with E-state index in [2.05, 4.69) is 41.4 Å². The van der Waals surface area contributed by atoms with Gasteiger partial charge in [-0.15, -0.1) is 0 Å². The SMILES string of the molecule is CC(C)c1noc(-c2cccc3c2CCCN3)n1. The van der Waals surface area contributed by atoms with Gasteiger partial charge in [0.1, 0.15) is 0 Å². The summed E-state index contributed by atoms with van der Waals surface area (Å²) in [6, 6.07) is 6.20. The fraction of sp³-hybridized carbons (Fsp3) is 0.429. The monoisotopic (exact) mass is 243 g/mol. The third-order valence-corrected chi connectivity index (χ3v) is 3.28. The van der Waals surface area contributed by atoms with E-state index in [4.69, 9.17) is 4.52 Å². The number of rotatable bonds is 2. The molecule has 0 aliphatic carbocycles. The minimum absolute atomic E-state index is 0.292. The Kier molecular flexibility index (Phi) is 2.78. The molecule has 1 aliphatic rings. The molecule has 1 N–H and O–H groups in total. The lowest BCUT2D eigenvalue weighted by atomic mass is 9.97. The van der Waals surface area contributed by atoms with E-state index < -0.39 is 0 Å². The Hall–Kier alpha value is -1.84. The van der Waals surface area contributed by atoms with Crippen LogP contribution in [0.3, 0.4) is 0 Å². The van der Waals surface area contributed by atoms with Gasteiger partial charge in [-0.2, -0.15) is 4.98 Å². The first-order chi connectivity index (χ1) is 8.75. The molecule has 4 nitrogen and oxygen atoms in total. The zero-order chi connectivity index (χ0) is 12.5. The van der Waals surface area contributed by atoms with Crippen LogP contribution in [0.2, 0.25) is 0 Å². The highest BCUT2D eigenvalue weighted by Crippen LogP contribution is 2.32. The molecule has 1 aromatic carbocycles. The van der Waals surface area contributed by atoms with Crippen LogP contribution in [0.15, 0.2) is 22.7 Å². The van der Waals surface area contributed by atoms with Crippen LogP contribution >= 0.6 is 0 Å². The Bertz CT molecular complexity index is 560. The van der Waals surface area contributed by atoms with Gasteiger partial charge in [0.2, 0.25) is 0 Å². The van der Waals surface area contributed by atoms with Gasteiger partial charge < -0.3 is 9.84 Å². The highest BCUT2D eigenvalue weighted by Gasteiger charge is 2.18. The smallest absolute Gasteiger partial charge is 0.258 e. The summed E-state index contributed by atoms with van der Waals surface area (Å²) in [4.78, 5) is 4.48. The Labute approximate surface area is 106 Å². The summed E-state index contributed by atoms with van der Waals surface area (Å²) in [5.41, 5.74) is 3.56. The average Bonchev–Trinajstić information content (AvgIpc) is 2.87. The average molecular weight is 243 g/mol. The van der Waals surface area contributed by atoms with Crippen molar-refractivity contribution in [2.45, 2.75) is 32.6 Å². The molecule has 0 radical (unpaired) electrons. The number of benzene rings is 1. The summed E-state index contributed by atoms with van der Waals surface area (Å²) < 4.78 is 5.39. The van der Waals surface area contributed by atoms with Gasteiger partial charge >= 0.3 is 0 Å². The topological polar surface area (TPSA) is 51.0 Å². The summed E-state index contributed by atoms with van der Waals surface area (Å²) in [6.45, 7) is 5.17. The summed E-state index contributed by atoms with van der Waals surface area (Å²) in [5, 5.41) is 7.45. The van der Waals surface area contributed by atoms with E-state index in [1.54, 1.807) is 0 Å². The number of anilines is 1. The second-order valence-electron chi connectivity index (χ2n) is 4.97. The number of fused-ring (bicyclic) bond motifs is 1. The van der Waals surface area contributed by atoms with Gasteiger partial charge in [0.05, 0.1) is 0 Å². The number of nitrogens with zero attached hydrogens (tertiary/aromatic N) is 2. The maximum atomic E-state index is 5.39. The predicted octanol–water partition coefficient (Wildman–Crippen LogP) is 3.22. The second-order valence-corrected chi connectivity index (χ2v) is 4.97. The molecule has 3 rings (SSSR count). The molecule has 0 spiro atoms. The largest absolute Gasteiger partial charge is 0.385 e.